The van der Waals surface area contributed by atoms with Crippen molar-refractivity contribution in [2.24, 2.45) is 10.2 Å². The van der Waals surface area contributed by atoms with Gasteiger partial charge in [-0.05, 0) is 49.9 Å². The van der Waals surface area contributed by atoms with Crippen LogP contribution < -0.4 is 0 Å². The molecule has 0 unspecified atom stereocenters. The summed E-state index contributed by atoms with van der Waals surface area (Å²) in [7, 11) is 0. The number of esters is 1. The third-order valence-electron chi connectivity index (χ3n) is 4.16. The van der Waals surface area contributed by atoms with Crippen molar-refractivity contribution in [1.82, 2.24) is 9.38 Å². The molecule has 0 aliphatic carbocycles. The molecule has 0 radical (unpaired) electrons. The number of aryl methyl sites for hydroxylation is 3. The monoisotopic (exact) mass is 350 g/mol. The quantitative estimate of drug-likeness (QED) is 0.474. The number of ether oxygens (including phenoxy) is 1. The molecule has 6 heteroatoms. The molecule has 134 valence electrons. The van der Waals surface area contributed by atoms with E-state index in [1.165, 1.54) is 0 Å². The molecule has 0 fully saturated rings. The number of fused-ring (bicyclic) bond motifs is 1. The van der Waals surface area contributed by atoms with Gasteiger partial charge in [-0.2, -0.15) is 0 Å². The number of nitrogens with zero attached hydrogens (tertiary/aromatic N) is 4. The Labute approximate surface area is 152 Å². The van der Waals surface area contributed by atoms with Crippen LogP contribution in [0.25, 0.3) is 5.65 Å². The number of hydrogen-bond acceptors (Lipinski definition) is 5. The number of benzene rings is 1. The molecule has 3 rings (SSSR count). The van der Waals surface area contributed by atoms with Crippen molar-refractivity contribution in [3.8, 4) is 0 Å². The molecular weight excluding hydrogens is 328 g/mol. The zero-order valence-electron chi connectivity index (χ0n) is 15.5. The van der Waals surface area contributed by atoms with Crippen molar-refractivity contribution in [2.45, 2.75) is 34.1 Å². The highest BCUT2D eigenvalue weighted by Gasteiger charge is 2.20. The van der Waals surface area contributed by atoms with Gasteiger partial charge in [0.05, 0.1) is 12.3 Å². The minimum Gasteiger partial charge on any atom is -0.461 e. The lowest BCUT2D eigenvalue weighted by molar-refractivity contribution is 0.0521. The molecule has 0 N–H and O–H groups in total. The van der Waals surface area contributed by atoms with Gasteiger partial charge in [0.15, 0.2) is 11.5 Å². The highest BCUT2D eigenvalue weighted by molar-refractivity contribution is 5.93. The zero-order chi connectivity index (χ0) is 18.7. The lowest BCUT2D eigenvalue weighted by atomic mass is 10.1. The van der Waals surface area contributed by atoms with Gasteiger partial charge in [-0.3, -0.25) is 4.40 Å². The van der Waals surface area contributed by atoms with Crippen molar-refractivity contribution < 1.29 is 9.53 Å². The zero-order valence-corrected chi connectivity index (χ0v) is 15.5. The van der Waals surface area contributed by atoms with Gasteiger partial charge in [-0.1, -0.05) is 31.2 Å². The average Bonchev–Trinajstić information content (AvgIpc) is 2.98. The Morgan fingerprint density at radius 3 is 2.69 bits per heavy atom. The van der Waals surface area contributed by atoms with Crippen molar-refractivity contribution in [3.05, 3.63) is 58.9 Å². The Hall–Kier alpha value is -3.02. The summed E-state index contributed by atoms with van der Waals surface area (Å²) in [6, 6.07) is 9.83. The fraction of sp³-hybridized carbons (Fsp3) is 0.300. The van der Waals surface area contributed by atoms with Gasteiger partial charge in [0.2, 0.25) is 0 Å². The summed E-state index contributed by atoms with van der Waals surface area (Å²) in [4.78, 5) is 16.7. The van der Waals surface area contributed by atoms with E-state index in [2.05, 4.69) is 22.1 Å². The molecule has 0 aliphatic rings. The number of carbonyl (C=O) groups excluding carboxylic acids is 1. The highest BCUT2D eigenvalue weighted by Crippen LogP contribution is 2.29. The molecule has 0 bridgehead atoms. The number of pyridine rings is 1. The largest absolute Gasteiger partial charge is 0.461 e. The van der Waals surface area contributed by atoms with Gasteiger partial charge in [0.25, 0.3) is 0 Å². The van der Waals surface area contributed by atoms with Crippen molar-refractivity contribution in [3.63, 3.8) is 0 Å². The summed E-state index contributed by atoms with van der Waals surface area (Å²) in [6.07, 6.45) is 2.74. The van der Waals surface area contributed by atoms with Crippen LogP contribution in [0, 0.1) is 13.8 Å². The van der Waals surface area contributed by atoms with Crippen LogP contribution in [0.2, 0.25) is 0 Å². The van der Waals surface area contributed by atoms with E-state index < -0.39 is 5.97 Å². The first-order valence-electron chi connectivity index (χ1n) is 8.71. The predicted octanol–water partition coefficient (Wildman–Crippen LogP) is 5.11. The van der Waals surface area contributed by atoms with Crippen LogP contribution in [0.4, 0.5) is 11.5 Å². The fourth-order valence-electron chi connectivity index (χ4n) is 2.82. The molecule has 26 heavy (non-hydrogen) atoms. The molecule has 0 spiro atoms. The first-order valence-corrected chi connectivity index (χ1v) is 8.71. The summed E-state index contributed by atoms with van der Waals surface area (Å²) in [5.74, 6) is -0.115. The molecule has 0 atom stereocenters. The predicted molar refractivity (Wildman–Crippen MR) is 101 cm³/mol. The van der Waals surface area contributed by atoms with E-state index in [-0.39, 0.29) is 12.3 Å². The second kappa shape index (κ2) is 7.47. The molecule has 3 aromatic rings. The van der Waals surface area contributed by atoms with E-state index >= 15 is 0 Å². The van der Waals surface area contributed by atoms with Gasteiger partial charge >= 0.3 is 5.97 Å². The first-order chi connectivity index (χ1) is 12.5. The van der Waals surface area contributed by atoms with Crippen LogP contribution in [0.15, 0.2) is 46.8 Å². The molecule has 0 aliphatic heterocycles. The Bertz CT molecular complexity index is 989. The van der Waals surface area contributed by atoms with Crippen molar-refractivity contribution in [2.75, 3.05) is 6.61 Å². The number of carbonyl (C=O) groups is 1. The molecule has 6 nitrogen and oxygen atoms in total. The number of imidazole rings is 1. The number of aromatic nitrogens is 2. The topological polar surface area (TPSA) is 68.3 Å². The summed E-state index contributed by atoms with van der Waals surface area (Å²) in [5, 5.41) is 8.86. The molecule has 2 heterocycles. The minimum atomic E-state index is -0.497. The van der Waals surface area contributed by atoms with Crippen LogP contribution in [0.1, 0.15) is 41.0 Å². The second-order valence-corrected chi connectivity index (χ2v) is 6.08. The fourth-order valence-corrected chi connectivity index (χ4v) is 2.82. The SMILES string of the molecule is CCOC(=O)c1nc2ccc(C)cn2c1N=Nc1c(C)cccc1CC. The molecule has 0 amide bonds. The van der Waals surface area contributed by atoms with Gasteiger partial charge in [-0.15, -0.1) is 10.2 Å². The minimum absolute atomic E-state index is 0.174. The average molecular weight is 350 g/mol. The molecule has 0 saturated carbocycles. The van der Waals surface area contributed by atoms with Crippen LogP contribution in [-0.4, -0.2) is 22.0 Å². The van der Waals surface area contributed by atoms with E-state index in [4.69, 9.17) is 4.74 Å². The van der Waals surface area contributed by atoms with Crippen molar-refractivity contribution >= 4 is 23.1 Å². The Morgan fingerprint density at radius 1 is 1.15 bits per heavy atom. The first kappa shape index (κ1) is 17.8. The standard InChI is InChI=1S/C20H22N4O2/c1-5-15-9-7-8-14(4)17(15)22-23-19-18(20(25)26-6-2)21-16-11-10-13(3)12-24(16)19/h7-12H,5-6H2,1-4H3. The van der Waals surface area contributed by atoms with Crippen LogP contribution >= 0.6 is 0 Å². The number of azo groups is 1. The highest BCUT2D eigenvalue weighted by atomic mass is 16.5. The van der Waals surface area contributed by atoms with Gasteiger partial charge in [-0.25, -0.2) is 9.78 Å². The van der Waals surface area contributed by atoms with Gasteiger partial charge in [0.1, 0.15) is 5.65 Å². The summed E-state index contributed by atoms with van der Waals surface area (Å²) < 4.78 is 6.91. The maximum absolute atomic E-state index is 12.3. The van der Waals surface area contributed by atoms with Crippen LogP contribution in [-0.2, 0) is 11.2 Å². The molecular formula is C20H22N4O2. The third-order valence-corrected chi connectivity index (χ3v) is 4.16. The van der Waals surface area contributed by atoms with Gasteiger partial charge in [0, 0.05) is 6.20 Å². The number of hydrogen-bond donors (Lipinski definition) is 0. The van der Waals surface area contributed by atoms with Crippen LogP contribution in [0.3, 0.4) is 0 Å². The van der Waals surface area contributed by atoms with E-state index in [1.807, 2.05) is 50.4 Å². The van der Waals surface area contributed by atoms with Crippen molar-refractivity contribution in [1.29, 1.82) is 0 Å². The maximum Gasteiger partial charge on any atom is 0.360 e. The Morgan fingerprint density at radius 2 is 1.96 bits per heavy atom. The van der Waals surface area contributed by atoms with E-state index in [9.17, 15) is 4.79 Å². The molecule has 2 aromatic heterocycles. The molecule has 0 saturated heterocycles. The summed E-state index contributed by atoms with van der Waals surface area (Å²) in [6.45, 7) is 8.09. The van der Waals surface area contributed by atoms with E-state index in [0.717, 1.165) is 28.8 Å². The Kier molecular flexibility index (Phi) is 5.11. The third kappa shape index (κ3) is 3.35. The Balaban J connectivity index is 2.16. The lowest BCUT2D eigenvalue weighted by Crippen LogP contribution is -2.05. The summed E-state index contributed by atoms with van der Waals surface area (Å²) >= 11 is 0. The van der Waals surface area contributed by atoms with E-state index in [0.29, 0.717) is 11.5 Å². The van der Waals surface area contributed by atoms with Crippen LogP contribution in [0.5, 0.6) is 0 Å². The van der Waals surface area contributed by atoms with Gasteiger partial charge < -0.3 is 4.74 Å². The number of rotatable bonds is 5. The molecule has 1 aromatic carbocycles. The normalized spacial score (nSPS) is 11.4. The van der Waals surface area contributed by atoms with E-state index in [1.54, 1.807) is 11.3 Å². The lowest BCUT2D eigenvalue weighted by Gasteiger charge is -2.05. The smallest absolute Gasteiger partial charge is 0.360 e. The second-order valence-electron chi connectivity index (χ2n) is 6.08. The summed E-state index contributed by atoms with van der Waals surface area (Å²) in [5.41, 5.74) is 4.81. The maximum atomic E-state index is 12.3.